The molecule has 1 fully saturated rings. The maximum absolute atomic E-state index is 12.8. The van der Waals surface area contributed by atoms with Gasteiger partial charge in [0.15, 0.2) is 0 Å². The van der Waals surface area contributed by atoms with Crippen molar-refractivity contribution in [1.82, 2.24) is 15.5 Å². The average molecular weight is 411 g/mol. The Hall–Kier alpha value is -2.90. The van der Waals surface area contributed by atoms with Crippen LogP contribution in [0.2, 0.25) is 0 Å². The molecule has 30 heavy (non-hydrogen) atoms. The zero-order valence-electron chi connectivity index (χ0n) is 17.2. The molecule has 1 saturated heterocycles. The van der Waals surface area contributed by atoms with E-state index in [0.717, 1.165) is 44.8 Å². The van der Waals surface area contributed by atoms with Crippen LogP contribution >= 0.6 is 0 Å². The van der Waals surface area contributed by atoms with Gasteiger partial charge in [-0.3, -0.25) is 9.69 Å². The molecule has 2 aromatic carbocycles. The molecule has 0 spiro atoms. The highest BCUT2D eigenvalue weighted by Gasteiger charge is 2.21. The molecule has 0 unspecified atom stereocenters. The van der Waals surface area contributed by atoms with Crippen LogP contribution in [0.1, 0.15) is 12.0 Å². The van der Waals surface area contributed by atoms with Crippen LogP contribution in [0.5, 0.6) is 0 Å². The molecule has 1 atom stereocenters. The van der Waals surface area contributed by atoms with E-state index in [1.165, 1.54) is 0 Å². The minimum absolute atomic E-state index is 0.177. The molecule has 7 nitrogen and oxygen atoms in total. The molecule has 7 heteroatoms. The van der Waals surface area contributed by atoms with Crippen molar-refractivity contribution in [3.05, 3.63) is 66.2 Å². The predicted molar refractivity (Wildman–Crippen MR) is 117 cm³/mol. The third-order valence-electron chi connectivity index (χ3n) is 4.99. The van der Waals surface area contributed by atoms with Gasteiger partial charge in [0.1, 0.15) is 6.04 Å². The number of hydrogen-bond donors (Lipinski definition) is 3. The van der Waals surface area contributed by atoms with Gasteiger partial charge in [-0.1, -0.05) is 48.5 Å². The molecule has 0 aliphatic carbocycles. The Morgan fingerprint density at radius 1 is 0.967 bits per heavy atom. The molecule has 1 heterocycles. The van der Waals surface area contributed by atoms with Gasteiger partial charge in [0.25, 0.3) is 0 Å². The lowest BCUT2D eigenvalue weighted by molar-refractivity contribution is -0.122. The maximum atomic E-state index is 12.8. The molecule has 0 saturated carbocycles. The number of para-hydroxylation sites is 1. The SMILES string of the molecule is O=C(Nc1ccccc1)N[C@@H](Cc1ccccc1)C(=O)NCCCN1CCOCC1. The first-order chi connectivity index (χ1) is 14.7. The summed E-state index contributed by atoms with van der Waals surface area (Å²) in [6.45, 7) is 4.91. The summed E-state index contributed by atoms with van der Waals surface area (Å²) in [5.41, 5.74) is 1.67. The number of carbonyl (C=O) groups excluding carboxylic acids is 2. The van der Waals surface area contributed by atoms with Crippen molar-refractivity contribution in [2.45, 2.75) is 18.9 Å². The van der Waals surface area contributed by atoms with E-state index in [4.69, 9.17) is 4.74 Å². The molecule has 3 amide bonds. The Kier molecular flexibility index (Phi) is 8.68. The van der Waals surface area contributed by atoms with Crippen molar-refractivity contribution in [3.8, 4) is 0 Å². The number of amides is 3. The van der Waals surface area contributed by atoms with Crippen LogP contribution in [-0.2, 0) is 16.0 Å². The van der Waals surface area contributed by atoms with Gasteiger partial charge in [0.2, 0.25) is 5.91 Å². The lowest BCUT2D eigenvalue weighted by Gasteiger charge is -2.26. The van der Waals surface area contributed by atoms with Crippen molar-refractivity contribution < 1.29 is 14.3 Å². The predicted octanol–water partition coefficient (Wildman–Crippen LogP) is 2.26. The Balaban J connectivity index is 1.51. The molecule has 0 radical (unpaired) electrons. The molecular weight excluding hydrogens is 380 g/mol. The second-order valence-electron chi connectivity index (χ2n) is 7.31. The number of carbonyl (C=O) groups is 2. The normalized spacial score (nSPS) is 15.2. The van der Waals surface area contributed by atoms with E-state index in [1.54, 1.807) is 12.1 Å². The smallest absolute Gasteiger partial charge is 0.319 e. The summed E-state index contributed by atoms with van der Waals surface area (Å²) in [7, 11) is 0. The first kappa shape index (κ1) is 21.8. The summed E-state index contributed by atoms with van der Waals surface area (Å²) in [6.07, 6.45) is 1.29. The highest BCUT2D eigenvalue weighted by molar-refractivity contribution is 5.93. The summed E-state index contributed by atoms with van der Waals surface area (Å²) in [6, 6.07) is 17.8. The van der Waals surface area contributed by atoms with Crippen LogP contribution in [0.3, 0.4) is 0 Å². The lowest BCUT2D eigenvalue weighted by Crippen LogP contribution is -2.49. The van der Waals surface area contributed by atoms with Gasteiger partial charge in [0.05, 0.1) is 13.2 Å². The minimum atomic E-state index is -0.653. The quantitative estimate of drug-likeness (QED) is 0.554. The number of ether oxygens (including phenoxy) is 1. The molecular formula is C23H30N4O3. The molecule has 1 aliphatic rings. The Morgan fingerprint density at radius 3 is 2.33 bits per heavy atom. The molecule has 3 rings (SSSR count). The molecule has 1 aliphatic heterocycles. The van der Waals surface area contributed by atoms with E-state index in [1.807, 2.05) is 48.5 Å². The van der Waals surface area contributed by atoms with E-state index < -0.39 is 12.1 Å². The van der Waals surface area contributed by atoms with Crippen LogP contribution in [0.25, 0.3) is 0 Å². The Labute approximate surface area is 177 Å². The van der Waals surface area contributed by atoms with Crippen molar-refractivity contribution in [3.63, 3.8) is 0 Å². The second-order valence-corrected chi connectivity index (χ2v) is 7.31. The minimum Gasteiger partial charge on any atom is -0.379 e. The Bertz CT molecular complexity index is 780. The van der Waals surface area contributed by atoms with Gasteiger partial charge >= 0.3 is 6.03 Å². The number of morpholine rings is 1. The fourth-order valence-corrected chi connectivity index (χ4v) is 3.37. The number of anilines is 1. The van der Waals surface area contributed by atoms with Crippen LogP contribution in [0.15, 0.2) is 60.7 Å². The fraction of sp³-hybridized carbons (Fsp3) is 0.391. The topological polar surface area (TPSA) is 82.7 Å². The van der Waals surface area contributed by atoms with Crippen LogP contribution < -0.4 is 16.0 Å². The summed E-state index contributed by atoms with van der Waals surface area (Å²) < 4.78 is 5.35. The number of rotatable bonds is 9. The van der Waals surface area contributed by atoms with Gasteiger partial charge in [-0.15, -0.1) is 0 Å². The van der Waals surface area contributed by atoms with E-state index >= 15 is 0 Å². The van der Waals surface area contributed by atoms with Crippen LogP contribution in [-0.4, -0.2) is 62.3 Å². The third kappa shape index (κ3) is 7.50. The molecule has 3 N–H and O–H groups in total. The van der Waals surface area contributed by atoms with E-state index in [9.17, 15) is 9.59 Å². The summed E-state index contributed by atoms with van der Waals surface area (Å²) in [5, 5.41) is 8.56. The second kappa shape index (κ2) is 11.9. The Morgan fingerprint density at radius 2 is 1.63 bits per heavy atom. The summed E-state index contributed by atoms with van der Waals surface area (Å²) in [5.74, 6) is -0.177. The number of urea groups is 1. The highest BCUT2D eigenvalue weighted by atomic mass is 16.5. The van der Waals surface area contributed by atoms with E-state index in [-0.39, 0.29) is 5.91 Å². The first-order valence-electron chi connectivity index (χ1n) is 10.4. The molecule has 2 aromatic rings. The van der Waals surface area contributed by atoms with Crippen molar-refractivity contribution >= 4 is 17.6 Å². The summed E-state index contributed by atoms with van der Waals surface area (Å²) in [4.78, 5) is 27.6. The van der Waals surface area contributed by atoms with Crippen molar-refractivity contribution in [2.24, 2.45) is 0 Å². The van der Waals surface area contributed by atoms with Crippen molar-refractivity contribution in [2.75, 3.05) is 44.7 Å². The average Bonchev–Trinajstić information content (AvgIpc) is 2.78. The van der Waals surface area contributed by atoms with Gasteiger partial charge in [-0.25, -0.2) is 4.79 Å². The van der Waals surface area contributed by atoms with Crippen molar-refractivity contribution in [1.29, 1.82) is 0 Å². The number of nitrogens with zero attached hydrogens (tertiary/aromatic N) is 1. The first-order valence-corrected chi connectivity index (χ1v) is 10.4. The summed E-state index contributed by atoms with van der Waals surface area (Å²) >= 11 is 0. The molecule has 160 valence electrons. The van der Waals surface area contributed by atoms with Gasteiger partial charge < -0.3 is 20.7 Å². The maximum Gasteiger partial charge on any atom is 0.319 e. The third-order valence-corrected chi connectivity index (χ3v) is 4.99. The highest BCUT2D eigenvalue weighted by Crippen LogP contribution is 2.07. The van der Waals surface area contributed by atoms with Crippen LogP contribution in [0.4, 0.5) is 10.5 Å². The van der Waals surface area contributed by atoms with Gasteiger partial charge in [-0.2, -0.15) is 0 Å². The van der Waals surface area contributed by atoms with Gasteiger partial charge in [0, 0.05) is 31.7 Å². The van der Waals surface area contributed by atoms with Gasteiger partial charge in [-0.05, 0) is 30.7 Å². The monoisotopic (exact) mass is 410 g/mol. The fourth-order valence-electron chi connectivity index (χ4n) is 3.37. The zero-order valence-corrected chi connectivity index (χ0v) is 17.2. The van der Waals surface area contributed by atoms with Crippen LogP contribution in [0, 0.1) is 0 Å². The molecule has 0 aromatic heterocycles. The standard InChI is InChI=1S/C23H30N4O3/c28-22(24-12-7-13-27-14-16-30-17-15-27)21(18-19-8-3-1-4-9-19)26-23(29)25-20-10-5-2-6-11-20/h1-6,8-11,21H,7,12-18H2,(H,24,28)(H2,25,26,29)/t21-/m0/s1. The van der Waals surface area contributed by atoms with E-state index in [0.29, 0.717) is 18.7 Å². The zero-order chi connectivity index (χ0) is 21.0. The molecule has 0 bridgehead atoms. The number of hydrogen-bond acceptors (Lipinski definition) is 4. The largest absolute Gasteiger partial charge is 0.379 e. The number of benzene rings is 2. The lowest BCUT2D eigenvalue weighted by atomic mass is 10.1. The number of nitrogens with one attached hydrogen (secondary N) is 3. The van der Waals surface area contributed by atoms with E-state index in [2.05, 4.69) is 20.9 Å².